The SMILES string of the molecule is CC(C)C[C@H](CC(=O)NO)C(=O)N[C@H](Cc1ccccc1)C(=O)O. The molecule has 0 aliphatic heterocycles. The van der Waals surface area contributed by atoms with Gasteiger partial charge in [-0.3, -0.25) is 14.8 Å². The number of hydrogen-bond acceptors (Lipinski definition) is 4. The summed E-state index contributed by atoms with van der Waals surface area (Å²) in [5, 5.41) is 20.5. The molecule has 0 bridgehead atoms. The van der Waals surface area contributed by atoms with Crippen LogP contribution in [0.15, 0.2) is 30.3 Å². The Balaban J connectivity index is 2.79. The van der Waals surface area contributed by atoms with E-state index in [9.17, 15) is 19.5 Å². The lowest BCUT2D eigenvalue weighted by Crippen LogP contribution is -2.46. The van der Waals surface area contributed by atoms with Gasteiger partial charge in [-0.2, -0.15) is 0 Å². The van der Waals surface area contributed by atoms with Crippen LogP contribution in [0.5, 0.6) is 0 Å². The number of carboxylic acids is 1. The zero-order valence-electron chi connectivity index (χ0n) is 13.9. The standard InChI is InChI=1S/C17H24N2O5/c1-11(2)8-13(10-15(20)19-24)16(21)18-14(17(22)23)9-12-6-4-3-5-7-12/h3-7,11,13-14,24H,8-10H2,1-2H3,(H,18,21)(H,19,20)(H,22,23)/t13-,14-/m1/s1. The minimum atomic E-state index is -1.14. The molecule has 4 N–H and O–H groups in total. The van der Waals surface area contributed by atoms with Gasteiger partial charge in [-0.25, -0.2) is 10.3 Å². The average Bonchev–Trinajstić information content (AvgIpc) is 2.53. The summed E-state index contributed by atoms with van der Waals surface area (Å²) in [4.78, 5) is 35.2. The van der Waals surface area contributed by atoms with Crippen LogP contribution < -0.4 is 10.8 Å². The number of benzene rings is 1. The van der Waals surface area contributed by atoms with E-state index in [-0.39, 0.29) is 18.8 Å². The molecular weight excluding hydrogens is 312 g/mol. The molecule has 0 heterocycles. The van der Waals surface area contributed by atoms with Crippen molar-refractivity contribution in [1.82, 2.24) is 10.8 Å². The number of amides is 2. The fourth-order valence-electron chi connectivity index (χ4n) is 2.46. The van der Waals surface area contributed by atoms with Crippen molar-refractivity contribution in [3.8, 4) is 0 Å². The summed E-state index contributed by atoms with van der Waals surface area (Å²) in [7, 11) is 0. The first-order valence-electron chi connectivity index (χ1n) is 7.83. The highest BCUT2D eigenvalue weighted by molar-refractivity contribution is 5.88. The van der Waals surface area contributed by atoms with Gasteiger partial charge in [-0.05, 0) is 17.9 Å². The molecule has 7 nitrogen and oxygen atoms in total. The van der Waals surface area contributed by atoms with Gasteiger partial charge in [0.2, 0.25) is 11.8 Å². The van der Waals surface area contributed by atoms with Crippen molar-refractivity contribution in [2.45, 2.75) is 39.2 Å². The number of aliphatic carboxylic acids is 1. The van der Waals surface area contributed by atoms with E-state index in [0.717, 1.165) is 5.56 Å². The first-order chi connectivity index (χ1) is 11.3. The van der Waals surface area contributed by atoms with Crippen LogP contribution in [0.3, 0.4) is 0 Å². The molecule has 0 radical (unpaired) electrons. The van der Waals surface area contributed by atoms with Gasteiger partial charge in [0.25, 0.3) is 0 Å². The maximum absolute atomic E-state index is 12.4. The second-order valence-corrected chi connectivity index (χ2v) is 6.15. The zero-order valence-corrected chi connectivity index (χ0v) is 13.9. The van der Waals surface area contributed by atoms with Crippen LogP contribution >= 0.6 is 0 Å². The molecule has 0 spiro atoms. The van der Waals surface area contributed by atoms with Gasteiger partial charge in [0, 0.05) is 18.8 Å². The number of carboxylic acid groups (broad SMARTS) is 1. The van der Waals surface area contributed by atoms with E-state index >= 15 is 0 Å². The fraction of sp³-hybridized carbons (Fsp3) is 0.471. The van der Waals surface area contributed by atoms with Gasteiger partial charge in [0.1, 0.15) is 6.04 Å². The highest BCUT2D eigenvalue weighted by Crippen LogP contribution is 2.16. The number of carbonyl (C=O) groups excluding carboxylic acids is 2. The Morgan fingerprint density at radius 1 is 1.12 bits per heavy atom. The molecule has 1 aromatic carbocycles. The van der Waals surface area contributed by atoms with Crippen molar-refractivity contribution in [3.05, 3.63) is 35.9 Å². The fourth-order valence-corrected chi connectivity index (χ4v) is 2.46. The summed E-state index contributed by atoms with van der Waals surface area (Å²) in [5.74, 6) is -2.87. The van der Waals surface area contributed by atoms with Crippen LogP contribution in [0, 0.1) is 11.8 Å². The van der Waals surface area contributed by atoms with Crippen LogP contribution in [0.1, 0.15) is 32.3 Å². The number of rotatable bonds is 9. The Morgan fingerprint density at radius 3 is 2.25 bits per heavy atom. The Labute approximate surface area is 141 Å². The zero-order chi connectivity index (χ0) is 18.1. The normalized spacial score (nSPS) is 13.2. The monoisotopic (exact) mass is 336 g/mol. The van der Waals surface area contributed by atoms with Crippen molar-refractivity contribution in [2.24, 2.45) is 11.8 Å². The molecule has 0 aromatic heterocycles. The maximum Gasteiger partial charge on any atom is 0.326 e. The Bertz CT molecular complexity index is 559. The van der Waals surface area contributed by atoms with Crippen LogP contribution in [-0.4, -0.2) is 34.1 Å². The summed E-state index contributed by atoms with van der Waals surface area (Å²) in [6, 6.07) is 7.91. The van der Waals surface area contributed by atoms with Crippen LogP contribution in [0.25, 0.3) is 0 Å². The van der Waals surface area contributed by atoms with Gasteiger partial charge in [0.15, 0.2) is 0 Å². The van der Waals surface area contributed by atoms with Gasteiger partial charge in [0.05, 0.1) is 0 Å². The van der Waals surface area contributed by atoms with Crippen LogP contribution in [-0.2, 0) is 20.8 Å². The van der Waals surface area contributed by atoms with Crippen molar-refractivity contribution < 1.29 is 24.7 Å². The summed E-state index contributed by atoms with van der Waals surface area (Å²) < 4.78 is 0. The van der Waals surface area contributed by atoms with Crippen molar-refractivity contribution in [3.63, 3.8) is 0 Å². The molecule has 2 atom stereocenters. The van der Waals surface area contributed by atoms with Gasteiger partial charge in [-0.15, -0.1) is 0 Å². The molecule has 0 fully saturated rings. The number of hydrogen-bond donors (Lipinski definition) is 4. The molecular formula is C17H24N2O5. The second-order valence-electron chi connectivity index (χ2n) is 6.15. The quantitative estimate of drug-likeness (QED) is 0.401. The summed E-state index contributed by atoms with van der Waals surface area (Å²) >= 11 is 0. The van der Waals surface area contributed by atoms with Crippen LogP contribution in [0.4, 0.5) is 0 Å². The van der Waals surface area contributed by atoms with Crippen LogP contribution in [0.2, 0.25) is 0 Å². The summed E-state index contributed by atoms with van der Waals surface area (Å²) in [6.07, 6.45) is 0.373. The van der Waals surface area contributed by atoms with Crippen molar-refractivity contribution in [2.75, 3.05) is 0 Å². The van der Waals surface area contributed by atoms with E-state index in [0.29, 0.717) is 6.42 Å². The maximum atomic E-state index is 12.4. The van der Waals surface area contributed by atoms with Gasteiger partial charge in [-0.1, -0.05) is 44.2 Å². The number of nitrogens with one attached hydrogen (secondary N) is 2. The average molecular weight is 336 g/mol. The number of carbonyl (C=O) groups is 3. The minimum absolute atomic E-state index is 0.143. The molecule has 24 heavy (non-hydrogen) atoms. The molecule has 0 aliphatic carbocycles. The third-order valence-electron chi connectivity index (χ3n) is 3.58. The van der Waals surface area contributed by atoms with Gasteiger partial charge < -0.3 is 10.4 Å². The molecule has 132 valence electrons. The van der Waals surface area contributed by atoms with E-state index in [1.807, 2.05) is 19.9 Å². The molecule has 1 rings (SSSR count). The second kappa shape index (κ2) is 9.67. The van der Waals surface area contributed by atoms with E-state index in [4.69, 9.17) is 5.21 Å². The topological polar surface area (TPSA) is 116 Å². The lowest BCUT2D eigenvalue weighted by molar-refractivity contribution is -0.143. The third kappa shape index (κ3) is 6.78. The van der Waals surface area contributed by atoms with Crippen molar-refractivity contribution in [1.29, 1.82) is 0 Å². The Hall–Kier alpha value is -2.41. The lowest BCUT2D eigenvalue weighted by atomic mass is 9.92. The lowest BCUT2D eigenvalue weighted by Gasteiger charge is -2.21. The highest BCUT2D eigenvalue weighted by atomic mass is 16.5. The highest BCUT2D eigenvalue weighted by Gasteiger charge is 2.27. The van der Waals surface area contributed by atoms with Gasteiger partial charge >= 0.3 is 5.97 Å². The predicted molar refractivity (Wildman–Crippen MR) is 87.2 cm³/mol. The predicted octanol–water partition coefficient (Wildman–Crippen LogP) is 1.36. The summed E-state index contributed by atoms with van der Waals surface area (Å²) in [5.41, 5.74) is 2.29. The minimum Gasteiger partial charge on any atom is -0.480 e. The smallest absolute Gasteiger partial charge is 0.326 e. The third-order valence-corrected chi connectivity index (χ3v) is 3.58. The molecule has 0 aliphatic rings. The van der Waals surface area contributed by atoms with E-state index in [1.54, 1.807) is 24.3 Å². The summed E-state index contributed by atoms with van der Waals surface area (Å²) in [6.45, 7) is 3.80. The van der Waals surface area contributed by atoms with E-state index in [1.165, 1.54) is 5.48 Å². The van der Waals surface area contributed by atoms with E-state index < -0.39 is 29.7 Å². The Morgan fingerprint density at radius 2 is 1.75 bits per heavy atom. The van der Waals surface area contributed by atoms with Crippen molar-refractivity contribution >= 4 is 17.8 Å². The largest absolute Gasteiger partial charge is 0.480 e. The molecule has 0 saturated carbocycles. The first-order valence-corrected chi connectivity index (χ1v) is 7.83. The molecule has 2 amide bonds. The number of hydroxylamine groups is 1. The molecule has 1 aromatic rings. The first kappa shape index (κ1) is 19.6. The molecule has 0 saturated heterocycles. The molecule has 0 unspecified atom stereocenters. The molecule has 7 heteroatoms. The Kier molecular flexibility index (Phi) is 7.91. The van der Waals surface area contributed by atoms with E-state index in [2.05, 4.69) is 5.32 Å².